The molecule has 0 rings (SSSR count). The van der Waals surface area contributed by atoms with Crippen LogP contribution in [0.25, 0.3) is 0 Å². The van der Waals surface area contributed by atoms with Gasteiger partial charge >= 0.3 is 0 Å². The Bertz CT molecular complexity index is 194. The minimum atomic E-state index is 0. The molecule has 0 aromatic heterocycles. The molecule has 0 saturated carbocycles. The molecular weight excluding hydrogens is 338 g/mol. The second-order valence-electron chi connectivity index (χ2n) is 8.30. The van der Waals surface area contributed by atoms with Crippen LogP contribution in [0.3, 0.4) is 0 Å². The van der Waals surface area contributed by atoms with Crippen LogP contribution in [0.4, 0.5) is 0 Å². The number of rotatable bonds is 21. The topological polar surface area (TPSA) is 4.44 Å². The van der Waals surface area contributed by atoms with Crippen molar-refractivity contribution < 1.29 is 17.3 Å². The minimum Gasteiger partial charge on any atom is -1.00 e. The van der Waals surface area contributed by atoms with Crippen molar-refractivity contribution in [1.82, 2.24) is 0 Å². The first-order chi connectivity index (χ1) is 12.3. The Labute approximate surface area is 173 Å². The third-order valence-electron chi connectivity index (χ3n) is 5.65. The fourth-order valence-electron chi connectivity index (χ4n) is 3.84. The van der Waals surface area contributed by atoms with E-state index in [4.69, 9.17) is 0 Å². The number of quaternary nitrogens is 1. The predicted molar refractivity (Wildman–Crippen MR) is 116 cm³/mol. The van der Waals surface area contributed by atoms with E-state index in [-0.39, 0.29) is 12.4 Å². The lowest BCUT2D eigenvalue weighted by atomic mass is 10.1. The molecule has 0 aliphatic rings. The van der Waals surface area contributed by atoms with Crippen molar-refractivity contribution in [2.75, 3.05) is 19.6 Å². The molecule has 0 unspecified atom stereocenters. The normalized spacial score (nSPS) is 11.1. The van der Waals surface area contributed by atoms with E-state index in [0.29, 0.717) is 0 Å². The van der Waals surface area contributed by atoms with Gasteiger partial charge in [0.2, 0.25) is 0 Å². The second kappa shape index (κ2) is 25.2. The molecule has 0 fully saturated rings. The van der Waals surface area contributed by atoms with Gasteiger partial charge in [-0.3, -0.25) is 0 Å². The summed E-state index contributed by atoms with van der Waals surface area (Å²) in [5, 5.41) is 0. The highest BCUT2D eigenvalue weighted by Crippen LogP contribution is 2.06. The number of hydrogen-bond acceptors (Lipinski definition) is 0. The van der Waals surface area contributed by atoms with Crippen LogP contribution in [-0.2, 0) is 0 Å². The van der Waals surface area contributed by atoms with Crippen molar-refractivity contribution in [2.24, 2.45) is 0 Å². The standard InChI is InChI=1S/C24H51N.ClH/c1-4-7-10-13-16-19-22-25(23-20-17-14-11-8-5-2)24-21-18-15-12-9-6-3;/h4-24H2,1-3H3;1H. The largest absolute Gasteiger partial charge is 1.00 e. The van der Waals surface area contributed by atoms with Crippen LogP contribution in [0.15, 0.2) is 0 Å². The van der Waals surface area contributed by atoms with Crippen molar-refractivity contribution in [3.8, 4) is 0 Å². The van der Waals surface area contributed by atoms with Gasteiger partial charge in [0.25, 0.3) is 0 Å². The zero-order valence-corrected chi connectivity index (χ0v) is 19.5. The summed E-state index contributed by atoms with van der Waals surface area (Å²) in [4.78, 5) is 1.92. The van der Waals surface area contributed by atoms with Crippen LogP contribution in [0.5, 0.6) is 0 Å². The molecule has 0 amide bonds. The SMILES string of the molecule is CCCCCCCC[NH+](CCCCCCCC)CCCCCCCC.[Cl-]. The lowest BCUT2D eigenvalue weighted by Gasteiger charge is -2.19. The Balaban J connectivity index is 0. The third kappa shape index (κ3) is 22.3. The van der Waals surface area contributed by atoms with E-state index in [1.165, 1.54) is 135 Å². The summed E-state index contributed by atoms with van der Waals surface area (Å²) in [6.45, 7) is 11.3. The van der Waals surface area contributed by atoms with Crippen LogP contribution in [0, 0.1) is 0 Å². The predicted octanol–water partition coefficient (Wildman–Crippen LogP) is 3.96. The van der Waals surface area contributed by atoms with Gasteiger partial charge in [-0.15, -0.1) is 0 Å². The van der Waals surface area contributed by atoms with Gasteiger partial charge < -0.3 is 17.3 Å². The lowest BCUT2D eigenvalue weighted by Crippen LogP contribution is -3.12. The molecule has 0 aromatic carbocycles. The molecule has 2 heteroatoms. The molecular formula is C24H52ClN. The van der Waals surface area contributed by atoms with Crippen LogP contribution in [-0.4, -0.2) is 19.6 Å². The first-order valence-corrected chi connectivity index (χ1v) is 12.2. The molecule has 0 radical (unpaired) electrons. The molecule has 0 saturated heterocycles. The molecule has 0 bridgehead atoms. The second-order valence-corrected chi connectivity index (χ2v) is 8.30. The summed E-state index contributed by atoms with van der Waals surface area (Å²) in [6.07, 6.45) is 26.0. The van der Waals surface area contributed by atoms with E-state index in [1.807, 2.05) is 4.90 Å². The highest BCUT2D eigenvalue weighted by atomic mass is 35.5. The molecule has 1 nitrogen and oxygen atoms in total. The van der Waals surface area contributed by atoms with Gasteiger partial charge in [-0.25, -0.2) is 0 Å². The molecule has 0 atom stereocenters. The van der Waals surface area contributed by atoms with Gasteiger partial charge in [0.1, 0.15) is 0 Å². The van der Waals surface area contributed by atoms with Crippen molar-refractivity contribution >= 4 is 0 Å². The van der Waals surface area contributed by atoms with Gasteiger partial charge in [-0.1, -0.05) is 97.8 Å². The molecule has 26 heavy (non-hydrogen) atoms. The Hall–Kier alpha value is 0.250. The van der Waals surface area contributed by atoms with Gasteiger partial charge in [0, 0.05) is 0 Å². The number of hydrogen-bond donors (Lipinski definition) is 1. The Morgan fingerprint density at radius 2 is 0.577 bits per heavy atom. The summed E-state index contributed by atoms with van der Waals surface area (Å²) in [7, 11) is 0. The summed E-state index contributed by atoms with van der Waals surface area (Å²) in [5.41, 5.74) is 0. The van der Waals surface area contributed by atoms with Crippen molar-refractivity contribution in [1.29, 1.82) is 0 Å². The van der Waals surface area contributed by atoms with Crippen molar-refractivity contribution in [3.05, 3.63) is 0 Å². The monoisotopic (exact) mass is 389 g/mol. The lowest BCUT2D eigenvalue weighted by molar-refractivity contribution is -0.900. The molecule has 0 aliphatic heterocycles. The zero-order valence-electron chi connectivity index (χ0n) is 18.7. The zero-order chi connectivity index (χ0) is 18.4. The quantitative estimate of drug-likeness (QED) is 0.283. The highest BCUT2D eigenvalue weighted by Gasteiger charge is 2.08. The van der Waals surface area contributed by atoms with E-state index in [2.05, 4.69) is 20.8 Å². The maximum atomic E-state index is 2.31. The Kier molecular flexibility index (Phi) is 27.6. The molecule has 1 N–H and O–H groups in total. The Morgan fingerprint density at radius 3 is 0.846 bits per heavy atom. The van der Waals surface area contributed by atoms with Crippen LogP contribution in [0.2, 0.25) is 0 Å². The Morgan fingerprint density at radius 1 is 0.346 bits per heavy atom. The van der Waals surface area contributed by atoms with E-state index in [0.717, 1.165) is 0 Å². The minimum absolute atomic E-state index is 0. The maximum Gasteiger partial charge on any atom is 0.0770 e. The summed E-state index contributed by atoms with van der Waals surface area (Å²) in [5.74, 6) is 0. The third-order valence-corrected chi connectivity index (χ3v) is 5.65. The maximum absolute atomic E-state index is 2.31. The summed E-state index contributed by atoms with van der Waals surface area (Å²) < 4.78 is 0. The van der Waals surface area contributed by atoms with E-state index in [9.17, 15) is 0 Å². The number of nitrogens with one attached hydrogen (secondary N) is 1. The molecule has 0 spiro atoms. The molecule has 0 aromatic rings. The van der Waals surface area contributed by atoms with E-state index < -0.39 is 0 Å². The summed E-state index contributed by atoms with van der Waals surface area (Å²) >= 11 is 0. The molecule has 0 aliphatic carbocycles. The first kappa shape index (κ1) is 28.5. The van der Waals surface area contributed by atoms with Crippen LogP contribution < -0.4 is 17.3 Å². The van der Waals surface area contributed by atoms with Crippen LogP contribution in [0.1, 0.15) is 136 Å². The molecule has 0 heterocycles. The average molecular weight is 390 g/mol. The number of halogens is 1. The van der Waals surface area contributed by atoms with E-state index in [1.54, 1.807) is 0 Å². The van der Waals surface area contributed by atoms with Gasteiger partial charge in [0.15, 0.2) is 0 Å². The molecule has 160 valence electrons. The average Bonchev–Trinajstić information content (AvgIpc) is 2.63. The van der Waals surface area contributed by atoms with Gasteiger partial charge in [0.05, 0.1) is 19.6 Å². The first-order valence-electron chi connectivity index (χ1n) is 12.2. The number of unbranched alkanes of at least 4 members (excludes halogenated alkanes) is 15. The van der Waals surface area contributed by atoms with Gasteiger partial charge in [-0.2, -0.15) is 0 Å². The van der Waals surface area contributed by atoms with Crippen LogP contribution >= 0.6 is 0 Å². The van der Waals surface area contributed by atoms with Crippen molar-refractivity contribution in [2.45, 2.75) is 136 Å². The fourth-order valence-corrected chi connectivity index (χ4v) is 3.84. The summed E-state index contributed by atoms with van der Waals surface area (Å²) in [6, 6.07) is 0. The van der Waals surface area contributed by atoms with Gasteiger partial charge in [-0.05, 0) is 38.5 Å². The smallest absolute Gasteiger partial charge is 0.0770 e. The van der Waals surface area contributed by atoms with E-state index >= 15 is 0 Å². The fraction of sp³-hybridized carbons (Fsp3) is 1.00. The highest BCUT2D eigenvalue weighted by molar-refractivity contribution is 4.47. The van der Waals surface area contributed by atoms with Crippen molar-refractivity contribution in [3.63, 3.8) is 0 Å².